The van der Waals surface area contributed by atoms with Gasteiger partial charge in [0, 0.05) is 48.4 Å². The fraction of sp³-hybridized carbons (Fsp3) is 0.417. The van der Waals surface area contributed by atoms with Crippen molar-refractivity contribution in [3.63, 3.8) is 0 Å². The van der Waals surface area contributed by atoms with Crippen molar-refractivity contribution in [1.82, 2.24) is 19.9 Å². The van der Waals surface area contributed by atoms with Crippen LogP contribution in [0.25, 0.3) is 20.4 Å². The molecule has 6 aliphatic rings. The van der Waals surface area contributed by atoms with Crippen LogP contribution in [0.5, 0.6) is 0 Å². The molecule has 4 aromatic heterocycles. The molecule has 3 N–H and O–H groups in total. The maximum Gasteiger partial charge on any atom is 0.309 e. The zero-order valence-corrected chi connectivity index (χ0v) is 37.5. The Morgan fingerprint density at radius 2 is 1.19 bits per heavy atom. The molecule has 2 aromatic carbocycles. The predicted molar refractivity (Wildman–Crippen MR) is 255 cm³/mol. The second-order valence-corrected chi connectivity index (χ2v) is 19.7. The van der Waals surface area contributed by atoms with Gasteiger partial charge in [0.1, 0.15) is 34.0 Å². The third-order valence-electron chi connectivity index (χ3n) is 13.6. The molecule has 8 heterocycles. The zero-order valence-electron chi connectivity index (χ0n) is 35.9. The summed E-state index contributed by atoms with van der Waals surface area (Å²) in [7, 11) is 0. The van der Waals surface area contributed by atoms with Crippen LogP contribution in [-0.4, -0.2) is 82.2 Å². The van der Waals surface area contributed by atoms with Gasteiger partial charge in [-0.15, -0.1) is 22.7 Å². The number of nitrogens with one attached hydrogen (secondary N) is 2. The minimum Gasteiger partial charge on any atom is -0.481 e. The number of thiophene rings is 2. The number of hydrogen-bond donors (Lipinski definition) is 3. The van der Waals surface area contributed by atoms with Gasteiger partial charge >= 0.3 is 11.9 Å². The van der Waals surface area contributed by atoms with Crippen LogP contribution in [-0.2, 0) is 53.1 Å². The SMILES string of the molecule is CCOC(=O)[C@H]1CCc2c(sc3ncnc(Nc4cc5c(cc4N4CCCC4)CN=C5)c23)C1.O=C(O)[C@H]1CCc2c(sc3ncnc(Nc4cc5c(cc4N4CCCC4)CN=C5)c23)C1. The van der Waals surface area contributed by atoms with Gasteiger partial charge in [0.15, 0.2) is 0 Å². The summed E-state index contributed by atoms with van der Waals surface area (Å²) in [6.07, 6.45) is 16.4. The minimum absolute atomic E-state index is 0.0624. The molecule has 2 aliphatic carbocycles. The lowest BCUT2D eigenvalue weighted by Crippen LogP contribution is -2.23. The largest absolute Gasteiger partial charge is 0.481 e. The van der Waals surface area contributed by atoms with Crippen LogP contribution in [0.4, 0.5) is 34.4 Å². The number of aryl methyl sites for hydroxylation is 2. The minimum atomic E-state index is -0.706. The molecular weight excluding hydrogens is 845 g/mol. The van der Waals surface area contributed by atoms with Crippen molar-refractivity contribution in [2.24, 2.45) is 21.8 Å². The number of benzene rings is 2. The van der Waals surface area contributed by atoms with Crippen LogP contribution in [0.1, 0.15) is 88.6 Å². The third kappa shape index (κ3) is 7.63. The first kappa shape index (κ1) is 40.8. The maximum absolute atomic E-state index is 12.3. The van der Waals surface area contributed by atoms with Gasteiger partial charge in [-0.2, -0.15) is 0 Å². The Morgan fingerprint density at radius 1 is 0.703 bits per heavy atom. The van der Waals surface area contributed by atoms with Crippen LogP contribution in [0, 0.1) is 11.8 Å². The van der Waals surface area contributed by atoms with Gasteiger partial charge in [0.05, 0.1) is 65.1 Å². The molecule has 2 atom stereocenters. The van der Waals surface area contributed by atoms with Gasteiger partial charge in [0.2, 0.25) is 0 Å². The number of ether oxygens (including phenoxy) is 1. The Kier molecular flexibility index (Phi) is 10.9. The average molecular weight is 895 g/mol. The highest BCUT2D eigenvalue weighted by molar-refractivity contribution is 7.19. The molecule has 0 bridgehead atoms. The number of hydrogen-bond acceptors (Lipinski definition) is 15. The van der Waals surface area contributed by atoms with Gasteiger partial charge in [0.25, 0.3) is 0 Å². The summed E-state index contributed by atoms with van der Waals surface area (Å²) in [5, 5.41) is 18.9. The Morgan fingerprint density at radius 3 is 1.67 bits per heavy atom. The molecule has 0 saturated carbocycles. The summed E-state index contributed by atoms with van der Waals surface area (Å²) < 4.78 is 5.28. The molecular formula is C48H50N10O4S2. The number of carboxylic acid groups (broad SMARTS) is 1. The Labute approximate surface area is 378 Å². The van der Waals surface area contributed by atoms with Gasteiger partial charge in [-0.1, -0.05) is 0 Å². The summed E-state index contributed by atoms with van der Waals surface area (Å²) in [6, 6.07) is 8.96. The number of nitrogens with zero attached hydrogens (tertiary/aromatic N) is 8. The van der Waals surface area contributed by atoms with E-state index in [4.69, 9.17) is 4.74 Å². The van der Waals surface area contributed by atoms with Crippen molar-refractivity contribution in [3.05, 3.63) is 80.1 Å². The van der Waals surface area contributed by atoms with E-state index in [0.29, 0.717) is 19.4 Å². The lowest BCUT2D eigenvalue weighted by molar-refractivity contribution is -0.148. The number of aromatic nitrogens is 4. The fourth-order valence-electron chi connectivity index (χ4n) is 10.3. The molecule has 64 heavy (non-hydrogen) atoms. The monoisotopic (exact) mass is 894 g/mol. The molecule has 0 spiro atoms. The van der Waals surface area contributed by atoms with Gasteiger partial charge in [-0.3, -0.25) is 19.6 Å². The molecule has 4 aliphatic heterocycles. The number of anilines is 6. The lowest BCUT2D eigenvalue weighted by Gasteiger charge is -2.24. The van der Waals surface area contributed by atoms with E-state index in [1.54, 1.807) is 35.3 Å². The molecule has 14 nitrogen and oxygen atoms in total. The molecule has 2 fully saturated rings. The molecule has 12 rings (SSSR count). The number of carbonyl (C=O) groups excluding carboxylic acids is 1. The second kappa shape index (κ2) is 17.2. The topological polar surface area (TPSA) is 170 Å². The number of esters is 1. The summed E-state index contributed by atoms with van der Waals surface area (Å²) in [5.74, 6) is 0.507. The number of aliphatic carboxylic acids is 1. The van der Waals surface area contributed by atoms with Crippen molar-refractivity contribution in [1.29, 1.82) is 0 Å². The summed E-state index contributed by atoms with van der Waals surface area (Å²) in [5.41, 5.74) is 12.0. The predicted octanol–water partition coefficient (Wildman–Crippen LogP) is 8.79. The Bertz CT molecular complexity index is 2880. The van der Waals surface area contributed by atoms with Crippen molar-refractivity contribution < 1.29 is 19.4 Å². The molecule has 2 saturated heterocycles. The Hall–Kier alpha value is -6.00. The molecule has 6 aromatic rings. The standard InChI is InChI=1S/C25H27N5O2S.C23H23N5O2S/c1-2-32-25(31)15-5-6-18-21(11-15)33-24-22(18)23(27-14-28-24)29-19-9-16-12-26-13-17(16)10-20(19)30-7-3-4-8-30;29-23(30)13-3-4-16-19(9-13)31-22-20(16)21(25-12-26-22)27-17-7-14-10-24-11-15(14)8-18(17)28-5-1-2-6-28/h9-10,12,14-15H,2-8,11,13H2,1H3,(H,27,28,29);7-8,10,12-13H,1-6,9,11H2,(H,29,30)(H,25,26,27)/t15-;13-/m00/s1. The number of aliphatic imine (C=N–C) groups is 2. The average Bonchev–Trinajstić information content (AvgIpc) is 4.17. The first-order valence-corrected chi connectivity index (χ1v) is 24.3. The summed E-state index contributed by atoms with van der Waals surface area (Å²) in [6.45, 7) is 8.09. The van der Waals surface area contributed by atoms with E-state index in [1.807, 2.05) is 19.4 Å². The van der Waals surface area contributed by atoms with Crippen LogP contribution in [0.3, 0.4) is 0 Å². The van der Waals surface area contributed by atoms with E-state index < -0.39 is 5.97 Å². The van der Waals surface area contributed by atoms with Gasteiger partial charge in [-0.05, 0) is 129 Å². The van der Waals surface area contributed by atoms with E-state index in [0.717, 1.165) is 119 Å². The number of fused-ring (bicyclic) bond motifs is 8. The summed E-state index contributed by atoms with van der Waals surface area (Å²) in [4.78, 5) is 60.3. The zero-order chi connectivity index (χ0) is 43.3. The molecule has 0 unspecified atom stereocenters. The number of rotatable bonds is 9. The van der Waals surface area contributed by atoms with E-state index in [9.17, 15) is 14.7 Å². The Balaban J connectivity index is 0.000000143. The first-order chi connectivity index (χ1) is 31.4. The fourth-order valence-corrected chi connectivity index (χ4v) is 12.8. The number of carboxylic acids is 1. The maximum atomic E-state index is 12.3. The normalized spacial score (nSPS) is 19.3. The quantitative estimate of drug-likeness (QED) is 0.118. The highest BCUT2D eigenvalue weighted by Crippen LogP contribution is 2.44. The first-order valence-electron chi connectivity index (χ1n) is 22.7. The highest BCUT2D eigenvalue weighted by atomic mass is 32.1. The molecule has 328 valence electrons. The second-order valence-electron chi connectivity index (χ2n) is 17.5. The van der Waals surface area contributed by atoms with Gasteiger partial charge < -0.3 is 30.3 Å². The van der Waals surface area contributed by atoms with Crippen LogP contribution < -0.4 is 20.4 Å². The molecule has 0 radical (unpaired) electrons. The van der Waals surface area contributed by atoms with E-state index in [1.165, 1.54) is 69.8 Å². The van der Waals surface area contributed by atoms with Crippen LogP contribution in [0.2, 0.25) is 0 Å². The van der Waals surface area contributed by atoms with Crippen molar-refractivity contribution in [2.45, 2.75) is 84.2 Å². The summed E-state index contributed by atoms with van der Waals surface area (Å²) >= 11 is 3.29. The van der Waals surface area contributed by atoms with E-state index in [2.05, 4.69) is 74.6 Å². The smallest absolute Gasteiger partial charge is 0.309 e. The lowest BCUT2D eigenvalue weighted by atomic mass is 9.88. The van der Waals surface area contributed by atoms with Gasteiger partial charge in [-0.25, -0.2) is 19.9 Å². The van der Waals surface area contributed by atoms with E-state index >= 15 is 0 Å². The van der Waals surface area contributed by atoms with Crippen LogP contribution >= 0.6 is 22.7 Å². The number of carbonyl (C=O) groups is 2. The van der Waals surface area contributed by atoms with Crippen molar-refractivity contribution in [3.8, 4) is 0 Å². The van der Waals surface area contributed by atoms with Crippen molar-refractivity contribution in [2.75, 3.05) is 53.2 Å². The van der Waals surface area contributed by atoms with E-state index in [-0.39, 0.29) is 17.8 Å². The molecule has 16 heteroatoms. The molecule has 0 amide bonds. The highest BCUT2D eigenvalue weighted by Gasteiger charge is 2.32. The van der Waals surface area contributed by atoms with Crippen LogP contribution in [0.15, 0.2) is 46.9 Å². The third-order valence-corrected chi connectivity index (χ3v) is 15.9. The van der Waals surface area contributed by atoms with Crippen molar-refractivity contribution >= 4 is 102 Å².